The highest BCUT2D eigenvalue weighted by Crippen LogP contribution is 2.53. The molecule has 0 radical (unpaired) electrons. The molecule has 162 valence electrons. The molecular formula is C24H37NO4. The fourth-order valence-electron chi connectivity index (χ4n) is 5.20. The second-order valence-electron chi connectivity index (χ2n) is 9.65. The normalized spacial score (nSPS) is 28.4. The number of aromatic hydroxyl groups is 1. The summed E-state index contributed by atoms with van der Waals surface area (Å²) in [7, 11) is 3.34. The summed E-state index contributed by atoms with van der Waals surface area (Å²) in [5.41, 5.74) is 2.40. The van der Waals surface area contributed by atoms with Gasteiger partial charge >= 0.3 is 0 Å². The lowest BCUT2D eigenvalue weighted by Gasteiger charge is -2.49. The summed E-state index contributed by atoms with van der Waals surface area (Å²) in [5.74, 6) is 1.01. The van der Waals surface area contributed by atoms with Crippen LogP contribution in [0.1, 0.15) is 70.4 Å². The van der Waals surface area contributed by atoms with Crippen molar-refractivity contribution in [2.45, 2.75) is 77.2 Å². The Hall–Kier alpha value is -1.75. The summed E-state index contributed by atoms with van der Waals surface area (Å²) >= 11 is 0. The molecule has 1 atom stereocenters. The SMILES string of the molecule is COc1cc2c(cc1O)CCC(C)(C)C2(C)CCNC(=O)C1CCC(OC)CC1. The molecule has 1 saturated carbocycles. The molecule has 2 N–H and O–H groups in total. The highest BCUT2D eigenvalue weighted by Gasteiger charge is 2.46. The lowest BCUT2D eigenvalue weighted by Crippen LogP contribution is -2.46. The van der Waals surface area contributed by atoms with Crippen LogP contribution >= 0.6 is 0 Å². The average molecular weight is 404 g/mol. The zero-order valence-corrected chi connectivity index (χ0v) is 18.6. The summed E-state index contributed by atoms with van der Waals surface area (Å²) < 4.78 is 10.8. The van der Waals surface area contributed by atoms with Crippen LogP contribution in [0.15, 0.2) is 12.1 Å². The molecule has 0 aromatic heterocycles. The molecule has 0 saturated heterocycles. The predicted molar refractivity (Wildman–Crippen MR) is 114 cm³/mol. The van der Waals surface area contributed by atoms with Gasteiger partial charge in [0, 0.05) is 19.6 Å². The minimum absolute atomic E-state index is 0.0865. The molecule has 0 spiro atoms. The molecule has 0 bridgehead atoms. The lowest BCUT2D eigenvalue weighted by molar-refractivity contribution is -0.126. The van der Waals surface area contributed by atoms with Crippen molar-refractivity contribution in [1.82, 2.24) is 5.32 Å². The van der Waals surface area contributed by atoms with Gasteiger partial charge in [0.15, 0.2) is 11.5 Å². The summed E-state index contributed by atoms with van der Waals surface area (Å²) in [6.45, 7) is 7.56. The zero-order chi connectivity index (χ0) is 21.2. The topological polar surface area (TPSA) is 67.8 Å². The van der Waals surface area contributed by atoms with Gasteiger partial charge in [-0.3, -0.25) is 4.79 Å². The third-order valence-electron chi connectivity index (χ3n) is 7.81. The molecule has 1 amide bonds. The van der Waals surface area contributed by atoms with Gasteiger partial charge in [0.1, 0.15) is 0 Å². The van der Waals surface area contributed by atoms with E-state index in [9.17, 15) is 9.90 Å². The molecule has 0 aliphatic heterocycles. The van der Waals surface area contributed by atoms with Gasteiger partial charge < -0.3 is 19.9 Å². The molecule has 29 heavy (non-hydrogen) atoms. The van der Waals surface area contributed by atoms with Crippen molar-refractivity contribution < 1.29 is 19.4 Å². The fourth-order valence-corrected chi connectivity index (χ4v) is 5.20. The number of phenols is 1. The Kier molecular flexibility index (Phi) is 6.47. The van der Waals surface area contributed by atoms with Crippen LogP contribution in [0.4, 0.5) is 0 Å². The number of fused-ring (bicyclic) bond motifs is 1. The molecule has 1 fully saturated rings. The first kappa shape index (κ1) is 21.9. The Morgan fingerprint density at radius 3 is 2.48 bits per heavy atom. The van der Waals surface area contributed by atoms with Crippen molar-refractivity contribution in [2.24, 2.45) is 11.3 Å². The van der Waals surface area contributed by atoms with Crippen LogP contribution in [-0.4, -0.2) is 37.9 Å². The second kappa shape index (κ2) is 8.55. The number of carbonyl (C=O) groups excluding carboxylic acids is 1. The average Bonchev–Trinajstić information content (AvgIpc) is 2.71. The second-order valence-corrected chi connectivity index (χ2v) is 9.65. The molecule has 5 nitrogen and oxygen atoms in total. The van der Waals surface area contributed by atoms with E-state index in [4.69, 9.17) is 9.47 Å². The first-order valence-electron chi connectivity index (χ1n) is 10.9. The minimum Gasteiger partial charge on any atom is -0.504 e. The van der Waals surface area contributed by atoms with Gasteiger partial charge in [-0.25, -0.2) is 0 Å². The van der Waals surface area contributed by atoms with Crippen LogP contribution in [-0.2, 0) is 21.4 Å². The third-order valence-corrected chi connectivity index (χ3v) is 7.81. The zero-order valence-electron chi connectivity index (χ0n) is 18.6. The largest absolute Gasteiger partial charge is 0.504 e. The van der Waals surface area contributed by atoms with Crippen LogP contribution in [0.25, 0.3) is 0 Å². The quantitative estimate of drug-likeness (QED) is 0.741. The number of rotatable bonds is 6. The molecule has 0 heterocycles. The van der Waals surface area contributed by atoms with Gasteiger partial charge in [0.05, 0.1) is 13.2 Å². The number of benzene rings is 1. The number of methoxy groups -OCH3 is 2. The van der Waals surface area contributed by atoms with E-state index in [-0.39, 0.29) is 28.4 Å². The van der Waals surface area contributed by atoms with E-state index in [1.807, 2.05) is 12.1 Å². The van der Waals surface area contributed by atoms with Crippen molar-refractivity contribution in [2.75, 3.05) is 20.8 Å². The van der Waals surface area contributed by atoms with Crippen LogP contribution in [0, 0.1) is 11.3 Å². The maximum Gasteiger partial charge on any atom is 0.223 e. The van der Waals surface area contributed by atoms with Gasteiger partial charge in [0.25, 0.3) is 0 Å². The van der Waals surface area contributed by atoms with E-state index in [0.717, 1.165) is 44.9 Å². The van der Waals surface area contributed by atoms with Crippen molar-refractivity contribution >= 4 is 5.91 Å². The molecule has 2 aliphatic carbocycles. The molecule has 1 aromatic rings. The van der Waals surface area contributed by atoms with E-state index in [2.05, 4.69) is 26.1 Å². The van der Waals surface area contributed by atoms with Gasteiger partial charge in [-0.05, 0) is 79.0 Å². The predicted octanol–water partition coefficient (Wildman–Crippen LogP) is 4.34. The summed E-state index contributed by atoms with van der Waals surface area (Å²) in [5, 5.41) is 13.4. The number of aryl methyl sites for hydroxylation is 1. The molecule has 2 aliphatic rings. The van der Waals surface area contributed by atoms with Crippen molar-refractivity contribution in [3.05, 3.63) is 23.3 Å². The molecule has 5 heteroatoms. The van der Waals surface area contributed by atoms with Crippen molar-refractivity contribution in [1.29, 1.82) is 0 Å². The summed E-state index contributed by atoms with van der Waals surface area (Å²) in [6.07, 6.45) is 6.93. The standard InChI is InChI=1S/C24H37NO4/c1-23(2)11-10-17-14-20(26)21(29-5)15-19(17)24(23,3)12-13-25-22(27)16-6-8-18(28-4)9-7-16/h14-16,18,26H,6-13H2,1-5H3,(H,25,27). The molecule has 1 unspecified atom stereocenters. The Balaban J connectivity index is 1.70. The smallest absolute Gasteiger partial charge is 0.223 e. The number of hydrogen-bond acceptors (Lipinski definition) is 4. The number of carbonyl (C=O) groups is 1. The maximum absolute atomic E-state index is 12.7. The molecule has 1 aromatic carbocycles. The van der Waals surface area contributed by atoms with Gasteiger partial charge in [-0.15, -0.1) is 0 Å². The van der Waals surface area contributed by atoms with Crippen molar-refractivity contribution in [3.63, 3.8) is 0 Å². The van der Waals surface area contributed by atoms with Gasteiger partial charge in [0.2, 0.25) is 5.91 Å². The number of hydrogen-bond donors (Lipinski definition) is 2. The Bertz CT molecular complexity index is 737. The first-order chi connectivity index (χ1) is 13.7. The van der Waals surface area contributed by atoms with Crippen LogP contribution in [0.5, 0.6) is 11.5 Å². The lowest BCUT2D eigenvalue weighted by atomic mass is 9.55. The number of phenolic OH excluding ortho intramolecular Hbond substituents is 1. The van der Waals surface area contributed by atoms with E-state index < -0.39 is 0 Å². The van der Waals surface area contributed by atoms with Crippen LogP contribution in [0.3, 0.4) is 0 Å². The maximum atomic E-state index is 12.7. The van der Waals surface area contributed by atoms with E-state index >= 15 is 0 Å². The molecule has 3 rings (SSSR count). The third kappa shape index (κ3) is 4.25. The minimum atomic E-state index is -0.109. The first-order valence-corrected chi connectivity index (χ1v) is 10.9. The Morgan fingerprint density at radius 1 is 1.17 bits per heavy atom. The fraction of sp³-hybridized carbons (Fsp3) is 0.708. The van der Waals surface area contributed by atoms with E-state index in [1.54, 1.807) is 14.2 Å². The van der Waals surface area contributed by atoms with Gasteiger partial charge in [-0.2, -0.15) is 0 Å². The van der Waals surface area contributed by atoms with E-state index in [1.165, 1.54) is 11.1 Å². The Morgan fingerprint density at radius 2 is 1.86 bits per heavy atom. The number of amides is 1. The van der Waals surface area contributed by atoms with Crippen LogP contribution in [0.2, 0.25) is 0 Å². The Labute approximate surface area is 175 Å². The molecular weight excluding hydrogens is 366 g/mol. The highest BCUT2D eigenvalue weighted by molar-refractivity contribution is 5.78. The monoisotopic (exact) mass is 403 g/mol. The van der Waals surface area contributed by atoms with E-state index in [0.29, 0.717) is 18.4 Å². The summed E-state index contributed by atoms with van der Waals surface area (Å²) in [6, 6.07) is 3.86. The van der Waals surface area contributed by atoms with Crippen LogP contribution < -0.4 is 10.1 Å². The van der Waals surface area contributed by atoms with Crippen molar-refractivity contribution in [3.8, 4) is 11.5 Å². The highest BCUT2D eigenvalue weighted by atomic mass is 16.5. The summed E-state index contributed by atoms with van der Waals surface area (Å²) in [4.78, 5) is 12.7. The van der Waals surface area contributed by atoms with Gasteiger partial charge in [-0.1, -0.05) is 20.8 Å². The number of ether oxygens (including phenoxy) is 2. The number of nitrogens with one attached hydrogen (secondary N) is 1.